The van der Waals surface area contributed by atoms with Crippen molar-refractivity contribution in [3.05, 3.63) is 53.2 Å². The van der Waals surface area contributed by atoms with Gasteiger partial charge in [0.25, 0.3) is 0 Å². The van der Waals surface area contributed by atoms with E-state index in [-0.39, 0.29) is 24.0 Å². The highest BCUT2D eigenvalue weighted by atomic mass is 127. The molecule has 2 rings (SSSR count). The Balaban J connectivity index is 0.00000312. The summed E-state index contributed by atoms with van der Waals surface area (Å²) in [5.41, 5.74) is 10.8. The third-order valence-electron chi connectivity index (χ3n) is 3.95. The molecule has 0 unspecified atom stereocenters. The number of nitrogens with zero attached hydrogens (tertiary/aromatic N) is 3. The maximum atomic E-state index is 6.11. The number of aromatic nitrogens is 1. The standard InChI is InChI=1S/C19H27N5.HI/c1-5-15-8-7-9-16(6-2)18(15)23-19(20)22-13-14-10-11-21-17(12-14)24(3)4;/h7-12H,5-6,13H2,1-4H3,(H3,20,22,23);1H. The van der Waals surface area contributed by atoms with Gasteiger partial charge in [0, 0.05) is 26.0 Å². The summed E-state index contributed by atoms with van der Waals surface area (Å²) in [7, 11) is 3.94. The Kier molecular flexibility index (Phi) is 8.68. The van der Waals surface area contributed by atoms with Crippen molar-refractivity contribution in [3.8, 4) is 0 Å². The molecule has 0 fully saturated rings. The summed E-state index contributed by atoms with van der Waals surface area (Å²) in [5, 5.41) is 3.29. The number of nitrogens with one attached hydrogen (secondary N) is 1. The van der Waals surface area contributed by atoms with Crippen molar-refractivity contribution in [3.63, 3.8) is 0 Å². The van der Waals surface area contributed by atoms with E-state index in [9.17, 15) is 0 Å². The van der Waals surface area contributed by atoms with Crippen LogP contribution in [0.15, 0.2) is 41.5 Å². The van der Waals surface area contributed by atoms with Crippen LogP contribution in [-0.2, 0) is 19.4 Å². The van der Waals surface area contributed by atoms with Gasteiger partial charge in [0.05, 0.1) is 6.54 Å². The van der Waals surface area contributed by atoms with E-state index in [0.717, 1.165) is 29.9 Å². The fourth-order valence-corrected chi connectivity index (χ4v) is 2.55. The first kappa shape index (κ1) is 21.2. The van der Waals surface area contributed by atoms with Gasteiger partial charge in [-0.15, -0.1) is 24.0 Å². The van der Waals surface area contributed by atoms with Gasteiger partial charge in [-0.25, -0.2) is 9.98 Å². The smallest absolute Gasteiger partial charge is 0.193 e. The zero-order valence-corrected chi connectivity index (χ0v) is 17.7. The lowest BCUT2D eigenvalue weighted by Gasteiger charge is -2.15. The number of benzene rings is 1. The van der Waals surface area contributed by atoms with Crippen molar-refractivity contribution < 1.29 is 0 Å². The molecule has 5 nitrogen and oxygen atoms in total. The molecule has 25 heavy (non-hydrogen) atoms. The van der Waals surface area contributed by atoms with Crippen LogP contribution in [0.25, 0.3) is 0 Å². The summed E-state index contributed by atoms with van der Waals surface area (Å²) in [6.07, 6.45) is 3.71. The lowest BCUT2D eigenvalue weighted by Crippen LogP contribution is -2.24. The highest BCUT2D eigenvalue weighted by Crippen LogP contribution is 2.22. The minimum Gasteiger partial charge on any atom is -0.370 e. The van der Waals surface area contributed by atoms with Crippen LogP contribution in [0.5, 0.6) is 0 Å². The Labute approximate surface area is 167 Å². The fraction of sp³-hybridized carbons (Fsp3) is 0.368. The van der Waals surface area contributed by atoms with Gasteiger partial charge in [-0.05, 0) is 41.7 Å². The van der Waals surface area contributed by atoms with Crippen molar-refractivity contribution >= 4 is 41.4 Å². The molecule has 0 atom stereocenters. The highest BCUT2D eigenvalue weighted by Gasteiger charge is 2.07. The Bertz CT molecular complexity index is 690. The first-order chi connectivity index (χ1) is 11.5. The summed E-state index contributed by atoms with van der Waals surface area (Å²) in [4.78, 5) is 10.8. The number of nitrogens with two attached hydrogens (primary N) is 1. The Morgan fingerprint density at radius 2 is 1.80 bits per heavy atom. The molecule has 0 amide bonds. The average molecular weight is 453 g/mol. The predicted octanol–water partition coefficient (Wildman–Crippen LogP) is 3.82. The molecule has 0 spiro atoms. The van der Waals surface area contributed by atoms with E-state index in [1.54, 1.807) is 6.20 Å². The number of para-hydroxylation sites is 1. The molecule has 0 saturated carbocycles. The summed E-state index contributed by atoms with van der Waals surface area (Å²) < 4.78 is 0. The molecule has 0 saturated heterocycles. The molecule has 2 aromatic rings. The molecule has 1 heterocycles. The molecule has 0 aliphatic rings. The highest BCUT2D eigenvalue weighted by molar-refractivity contribution is 14.0. The van der Waals surface area contributed by atoms with E-state index in [0.29, 0.717) is 12.5 Å². The second-order valence-electron chi connectivity index (χ2n) is 5.90. The van der Waals surface area contributed by atoms with E-state index >= 15 is 0 Å². The second kappa shape index (κ2) is 10.2. The van der Waals surface area contributed by atoms with Gasteiger partial charge in [0.1, 0.15) is 5.82 Å². The zero-order valence-electron chi connectivity index (χ0n) is 15.4. The normalized spacial score (nSPS) is 11.0. The Hall–Kier alpha value is -1.83. The average Bonchev–Trinajstić information content (AvgIpc) is 2.60. The van der Waals surface area contributed by atoms with Crippen molar-refractivity contribution in [1.29, 1.82) is 0 Å². The minimum atomic E-state index is 0. The van der Waals surface area contributed by atoms with Crippen LogP contribution in [-0.4, -0.2) is 25.0 Å². The van der Waals surface area contributed by atoms with E-state index in [1.165, 1.54) is 11.1 Å². The first-order valence-electron chi connectivity index (χ1n) is 8.35. The quantitative estimate of drug-likeness (QED) is 0.397. The van der Waals surface area contributed by atoms with Crippen LogP contribution in [0, 0.1) is 0 Å². The molecule has 1 aromatic heterocycles. The van der Waals surface area contributed by atoms with Gasteiger partial charge in [-0.3, -0.25) is 0 Å². The monoisotopic (exact) mass is 453 g/mol. The molecule has 6 heteroatoms. The van der Waals surface area contributed by atoms with Gasteiger partial charge in [0.2, 0.25) is 0 Å². The van der Waals surface area contributed by atoms with Crippen molar-refractivity contribution in [2.45, 2.75) is 33.2 Å². The molecule has 3 N–H and O–H groups in total. The molecule has 0 bridgehead atoms. The topological polar surface area (TPSA) is 66.5 Å². The molecular weight excluding hydrogens is 425 g/mol. The number of anilines is 2. The Morgan fingerprint density at radius 3 is 2.36 bits per heavy atom. The van der Waals surface area contributed by atoms with Crippen LogP contribution >= 0.6 is 24.0 Å². The van der Waals surface area contributed by atoms with E-state index in [1.807, 2.05) is 31.1 Å². The number of halogens is 1. The first-order valence-corrected chi connectivity index (χ1v) is 8.35. The molecule has 0 aliphatic heterocycles. The number of hydrogen-bond donors (Lipinski definition) is 2. The SMILES string of the molecule is CCc1cccc(CC)c1NC(N)=NCc1ccnc(N(C)C)c1.I. The van der Waals surface area contributed by atoms with Crippen molar-refractivity contribution in [2.24, 2.45) is 10.7 Å². The summed E-state index contributed by atoms with van der Waals surface area (Å²) >= 11 is 0. The number of pyridine rings is 1. The number of aryl methyl sites for hydroxylation is 2. The van der Waals surface area contributed by atoms with Gasteiger partial charge in [0.15, 0.2) is 5.96 Å². The fourth-order valence-electron chi connectivity index (χ4n) is 2.55. The zero-order chi connectivity index (χ0) is 17.5. The molecule has 0 aliphatic carbocycles. The van der Waals surface area contributed by atoms with Crippen LogP contribution < -0.4 is 16.0 Å². The van der Waals surface area contributed by atoms with E-state index in [4.69, 9.17) is 5.73 Å². The van der Waals surface area contributed by atoms with Crippen molar-refractivity contribution in [2.75, 3.05) is 24.3 Å². The van der Waals surface area contributed by atoms with Gasteiger partial charge >= 0.3 is 0 Å². The lowest BCUT2D eigenvalue weighted by molar-refractivity contribution is 1.01. The summed E-state index contributed by atoms with van der Waals surface area (Å²) in [5.74, 6) is 1.35. The molecule has 0 radical (unpaired) electrons. The maximum Gasteiger partial charge on any atom is 0.193 e. The van der Waals surface area contributed by atoms with Crippen molar-refractivity contribution in [1.82, 2.24) is 4.98 Å². The largest absolute Gasteiger partial charge is 0.370 e. The van der Waals surface area contributed by atoms with E-state index in [2.05, 4.69) is 47.3 Å². The second-order valence-corrected chi connectivity index (χ2v) is 5.90. The number of rotatable bonds is 6. The van der Waals surface area contributed by atoms with Gasteiger partial charge in [-0.2, -0.15) is 0 Å². The third-order valence-corrected chi connectivity index (χ3v) is 3.95. The van der Waals surface area contributed by atoms with Crippen LogP contribution in [0.3, 0.4) is 0 Å². The molecule has 136 valence electrons. The predicted molar refractivity (Wildman–Crippen MR) is 118 cm³/mol. The van der Waals surface area contributed by atoms with Crippen LogP contribution in [0.4, 0.5) is 11.5 Å². The van der Waals surface area contributed by atoms with E-state index < -0.39 is 0 Å². The summed E-state index contributed by atoms with van der Waals surface area (Å²) in [6.45, 7) is 4.82. The lowest BCUT2D eigenvalue weighted by atomic mass is 10.0. The Morgan fingerprint density at radius 1 is 1.16 bits per heavy atom. The van der Waals surface area contributed by atoms with Gasteiger partial charge in [-0.1, -0.05) is 32.0 Å². The number of aliphatic imine (C=N–C) groups is 1. The van der Waals surface area contributed by atoms with Crippen LogP contribution in [0.2, 0.25) is 0 Å². The van der Waals surface area contributed by atoms with Crippen LogP contribution in [0.1, 0.15) is 30.5 Å². The van der Waals surface area contributed by atoms with Gasteiger partial charge < -0.3 is 16.0 Å². The molecule has 1 aromatic carbocycles. The number of guanidine groups is 1. The summed E-state index contributed by atoms with van der Waals surface area (Å²) in [6, 6.07) is 10.3. The molecular formula is C19H28IN5. The maximum absolute atomic E-state index is 6.11. The third kappa shape index (κ3) is 5.88. The number of hydrogen-bond acceptors (Lipinski definition) is 3. The minimum absolute atomic E-state index is 0.